The molecule has 1 rings (SSSR count). The van der Waals surface area contributed by atoms with E-state index in [-0.39, 0.29) is 17.9 Å². The van der Waals surface area contributed by atoms with Crippen LogP contribution in [-0.4, -0.2) is 33.7 Å². The number of nitrogens with one attached hydrogen (secondary N) is 1. The van der Waals surface area contributed by atoms with Gasteiger partial charge in [0.2, 0.25) is 11.8 Å². The monoisotopic (exact) mass is 267 g/mol. The third-order valence-electron chi connectivity index (χ3n) is 2.65. The van der Waals surface area contributed by atoms with Crippen molar-refractivity contribution in [3.8, 4) is 5.88 Å². The molecule has 1 heterocycles. The standard InChI is InChI=1S/C13H21N3O3/c1-5-19-10-6-7-14-12(16-10)15-9(8-11(17)18)13(2,3)4/h6-7,9H,5,8H2,1-4H3,(H,17,18)(H,14,15,16). The Morgan fingerprint density at radius 2 is 2.21 bits per heavy atom. The summed E-state index contributed by atoms with van der Waals surface area (Å²) < 4.78 is 5.29. The summed E-state index contributed by atoms with van der Waals surface area (Å²) in [5.74, 6) is 0.00324. The lowest BCUT2D eigenvalue weighted by Crippen LogP contribution is -2.36. The minimum absolute atomic E-state index is 0.00568. The second-order valence-corrected chi connectivity index (χ2v) is 5.31. The highest BCUT2D eigenvalue weighted by Gasteiger charge is 2.27. The maximum absolute atomic E-state index is 10.9. The van der Waals surface area contributed by atoms with E-state index in [1.807, 2.05) is 27.7 Å². The summed E-state index contributed by atoms with van der Waals surface area (Å²) in [6.07, 6.45) is 1.59. The summed E-state index contributed by atoms with van der Waals surface area (Å²) in [5, 5.41) is 12.0. The van der Waals surface area contributed by atoms with Crippen LogP contribution in [0, 0.1) is 5.41 Å². The lowest BCUT2D eigenvalue weighted by molar-refractivity contribution is -0.137. The van der Waals surface area contributed by atoms with Crippen LogP contribution in [0.4, 0.5) is 5.95 Å². The Hall–Kier alpha value is -1.85. The van der Waals surface area contributed by atoms with Crippen LogP contribution in [0.25, 0.3) is 0 Å². The predicted octanol–water partition coefficient (Wildman–Crippen LogP) is 2.18. The van der Waals surface area contributed by atoms with E-state index >= 15 is 0 Å². The first-order valence-electron chi connectivity index (χ1n) is 6.27. The van der Waals surface area contributed by atoms with Gasteiger partial charge in [-0.2, -0.15) is 4.98 Å². The first kappa shape index (κ1) is 15.2. The van der Waals surface area contributed by atoms with Crippen molar-refractivity contribution in [3.63, 3.8) is 0 Å². The Labute approximate surface area is 113 Å². The van der Waals surface area contributed by atoms with Crippen molar-refractivity contribution in [2.24, 2.45) is 5.41 Å². The Bertz CT molecular complexity index is 429. The molecule has 1 aromatic rings. The molecule has 0 amide bonds. The molecular weight excluding hydrogens is 246 g/mol. The molecule has 0 bridgehead atoms. The van der Waals surface area contributed by atoms with Crippen LogP contribution in [0.1, 0.15) is 34.1 Å². The van der Waals surface area contributed by atoms with Gasteiger partial charge in [0.1, 0.15) is 0 Å². The van der Waals surface area contributed by atoms with Crippen LogP contribution in [0.15, 0.2) is 12.3 Å². The minimum atomic E-state index is -0.853. The van der Waals surface area contributed by atoms with Crippen molar-refractivity contribution >= 4 is 11.9 Å². The third-order valence-corrected chi connectivity index (χ3v) is 2.65. The largest absolute Gasteiger partial charge is 0.481 e. The van der Waals surface area contributed by atoms with E-state index in [0.29, 0.717) is 18.4 Å². The molecule has 0 aliphatic heterocycles. The number of ether oxygens (including phenoxy) is 1. The summed E-state index contributed by atoms with van der Waals surface area (Å²) >= 11 is 0. The van der Waals surface area contributed by atoms with E-state index in [0.717, 1.165) is 0 Å². The van der Waals surface area contributed by atoms with Crippen LogP contribution in [0.5, 0.6) is 5.88 Å². The van der Waals surface area contributed by atoms with Crippen LogP contribution in [0.2, 0.25) is 0 Å². The third kappa shape index (κ3) is 5.11. The number of carboxylic acid groups (broad SMARTS) is 1. The van der Waals surface area contributed by atoms with E-state index < -0.39 is 5.97 Å². The first-order valence-corrected chi connectivity index (χ1v) is 6.27. The number of hydrogen-bond donors (Lipinski definition) is 2. The average molecular weight is 267 g/mol. The van der Waals surface area contributed by atoms with Gasteiger partial charge in [0.25, 0.3) is 0 Å². The maximum Gasteiger partial charge on any atom is 0.305 e. The van der Waals surface area contributed by atoms with Crippen LogP contribution >= 0.6 is 0 Å². The number of aromatic nitrogens is 2. The molecule has 0 spiro atoms. The predicted molar refractivity (Wildman–Crippen MR) is 72.3 cm³/mol. The Morgan fingerprint density at radius 3 is 2.74 bits per heavy atom. The lowest BCUT2D eigenvalue weighted by Gasteiger charge is -2.30. The van der Waals surface area contributed by atoms with E-state index in [1.165, 1.54) is 0 Å². The molecule has 6 heteroatoms. The van der Waals surface area contributed by atoms with E-state index in [1.54, 1.807) is 12.3 Å². The van der Waals surface area contributed by atoms with Gasteiger partial charge < -0.3 is 15.2 Å². The molecular formula is C13H21N3O3. The zero-order valence-corrected chi connectivity index (χ0v) is 11.8. The lowest BCUT2D eigenvalue weighted by atomic mass is 9.85. The molecule has 0 fully saturated rings. The average Bonchev–Trinajstić information content (AvgIpc) is 2.27. The highest BCUT2D eigenvalue weighted by Crippen LogP contribution is 2.25. The van der Waals surface area contributed by atoms with Gasteiger partial charge in [-0.05, 0) is 12.3 Å². The fourth-order valence-corrected chi connectivity index (χ4v) is 1.54. The van der Waals surface area contributed by atoms with Gasteiger partial charge in [0.05, 0.1) is 13.0 Å². The van der Waals surface area contributed by atoms with Crippen LogP contribution < -0.4 is 10.1 Å². The van der Waals surface area contributed by atoms with Gasteiger partial charge in [-0.25, -0.2) is 4.98 Å². The normalized spacial score (nSPS) is 12.8. The SMILES string of the molecule is CCOc1ccnc(NC(CC(=O)O)C(C)(C)C)n1. The summed E-state index contributed by atoms with van der Waals surface area (Å²) in [5.41, 5.74) is -0.219. The van der Waals surface area contributed by atoms with Crippen molar-refractivity contribution in [2.75, 3.05) is 11.9 Å². The van der Waals surface area contributed by atoms with E-state index in [4.69, 9.17) is 9.84 Å². The zero-order valence-electron chi connectivity index (χ0n) is 11.8. The first-order chi connectivity index (χ1) is 8.82. The molecule has 6 nitrogen and oxygen atoms in total. The summed E-state index contributed by atoms with van der Waals surface area (Å²) in [4.78, 5) is 19.2. The molecule has 1 aromatic heterocycles. The van der Waals surface area contributed by atoms with Crippen molar-refractivity contribution in [1.29, 1.82) is 0 Å². The number of anilines is 1. The number of aliphatic carboxylic acids is 1. The number of rotatable bonds is 6. The fraction of sp³-hybridized carbons (Fsp3) is 0.615. The van der Waals surface area contributed by atoms with Gasteiger partial charge in [-0.1, -0.05) is 20.8 Å². The molecule has 2 N–H and O–H groups in total. The highest BCUT2D eigenvalue weighted by atomic mass is 16.5. The minimum Gasteiger partial charge on any atom is -0.481 e. The molecule has 1 unspecified atom stereocenters. The van der Waals surface area contributed by atoms with Gasteiger partial charge in [0, 0.05) is 18.3 Å². The highest BCUT2D eigenvalue weighted by molar-refractivity contribution is 5.68. The van der Waals surface area contributed by atoms with Crippen molar-refractivity contribution < 1.29 is 14.6 Å². The zero-order chi connectivity index (χ0) is 14.5. The topological polar surface area (TPSA) is 84.3 Å². The quantitative estimate of drug-likeness (QED) is 0.821. The molecule has 0 aliphatic rings. The molecule has 19 heavy (non-hydrogen) atoms. The van der Waals surface area contributed by atoms with Crippen molar-refractivity contribution in [3.05, 3.63) is 12.3 Å². The Kier molecular flexibility index (Phi) is 5.09. The Balaban J connectivity index is 2.83. The summed E-state index contributed by atoms with van der Waals surface area (Å²) in [6, 6.07) is 1.40. The summed E-state index contributed by atoms with van der Waals surface area (Å²) in [6.45, 7) is 8.31. The molecule has 0 aromatic carbocycles. The molecule has 0 saturated heterocycles. The second kappa shape index (κ2) is 6.36. The smallest absolute Gasteiger partial charge is 0.305 e. The van der Waals surface area contributed by atoms with Crippen LogP contribution in [-0.2, 0) is 4.79 Å². The number of hydrogen-bond acceptors (Lipinski definition) is 5. The maximum atomic E-state index is 10.9. The van der Waals surface area contributed by atoms with E-state index in [9.17, 15) is 4.79 Å². The van der Waals surface area contributed by atoms with Gasteiger partial charge in [-0.3, -0.25) is 4.79 Å². The fourth-order valence-electron chi connectivity index (χ4n) is 1.54. The molecule has 106 valence electrons. The van der Waals surface area contributed by atoms with Crippen LogP contribution in [0.3, 0.4) is 0 Å². The molecule has 1 atom stereocenters. The van der Waals surface area contributed by atoms with E-state index in [2.05, 4.69) is 15.3 Å². The van der Waals surface area contributed by atoms with Crippen molar-refractivity contribution in [2.45, 2.75) is 40.2 Å². The number of nitrogens with zero attached hydrogens (tertiary/aromatic N) is 2. The number of carboxylic acids is 1. The summed E-state index contributed by atoms with van der Waals surface area (Å²) in [7, 11) is 0. The van der Waals surface area contributed by atoms with Gasteiger partial charge in [-0.15, -0.1) is 0 Å². The number of carbonyl (C=O) groups is 1. The molecule has 0 saturated carbocycles. The molecule has 0 radical (unpaired) electrons. The second-order valence-electron chi connectivity index (χ2n) is 5.31. The van der Waals surface area contributed by atoms with Gasteiger partial charge in [0.15, 0.2) is 0 Å². The molecule has 0 aliphatic carbocycles. The van der Waals surface area contributed by atoms with Crippen molar-refractivity contribution in [1.82, 2.24) is 9.97 Å². The van der Waals surface area contributed by atoms with Gasteiger partial charge >= 0.3 is 5.97 Å². The Morgan fingerprint density at radius 1 is 1.53 bits per heavy atom.